The number of para-hydroxylation sites is 1. The number of ether oxygens (including phenoxy) is 1. The van der Waals surface area contributed by atoms with Crippen LogP contribution in [0, 0.1) is 0 Å². The van der Waals surface area contributed by atoms with Gasteiger partial charge in [0.15, 0.2) is 0 Å². The predicted octanol–water partition coefficient (Wildman–Crippen LogP) is 2.04. The summed E-state index contributed by atoms with van der Waals surface area (Å²) in [6.45, 7) is 0.563. The van der Waals surface area contributed by atoms with E-state index in [1.165, 1.54) is 0 Å². The van der Waals surface area contributed by atoms with Gasteiger partial charge in [-0.25, -0.2) is 4.79 Å². The van der Waals surface area contributed by atoms with Crippen LogP contribution in [-0.4, -0.2) is 18.5 Å². The van der Waals surface area contributed by atoms with Crippen LogP contribution in [0.4, 0.5) is 4.79 Å². The number of amides is 3. The smallest absolute Gasteiger partial charge is 0.318 e. The number of nitrogens with two attached hydrogens (primary N) is 1. The van der Waals surface area contributed by atoms with Gasteiger partial charge in [-0.1, -0.05) is 48.5 Å². The Labute approximate surface area is 140 Å². The maximum absolute atomic E-state index is 12.4. The van der Waals surface area contributed by atoms with Crippen molar-refractivity contribution >= 4 is 11.9 Å². The van der Waals surface area contributed by atoms with Crippen LogP contribution in [0.5, 0.6) is 5.75 Å². The van der Waals surface area contributed by atoms with Crippen LogP contribution in [0.15, 0.2) is 54.6 Å². The number of rotatable bonds is 4. The van der Waals surface area contributed by atoms with Crippen molar-refractivity contribution in [3.8, 4) is 5.75 Å². The van der Waals surface area contributed by atoms with Gasteiger partial charge in [0.2, 0.25) is 5.91 Å². The molecule has 6 heteroatoms. The monoisotopic (exact) mass is 325 g/mol. The molecule has 124 valence electrons. The molecule has 4 N–H and O–H groups in total. The van der Waals surface area contributed by atoms with E-state index in [0.717, 1.165) is 23.3 Å². The molecule has 1 aliphatic heterocycles. The minimum Gasteiger partial charge on any atom is -0.493 e. The summed E-state index contributed by atoms with van der Waals surface area (Å²) in [7, 11) is 0. The fraction of sp³-hybridized carbons (Fsp3) is 0.222. The lowest BCUT2D eigenvalue weighted by atomic mass is 9.97. The molecule has 0 bridgehead atoms. The summed E-state index contributed by atoms with van der Waals surface area (Å²) in [6, 6.07) is 15.4. The Bertz CT molecular complexity index is 733. The number of benzene rings is 2. The second kappa shape index (κ2) is 7.14. The average Bonchev–Trinajstić information content (AvgIpc) is 2.60. The average molecular weight is 325 g/mol. The van der Waals surface area contributed by atoms with Crippen molar-refractivity contribution in [3.05, 3.63) is 65.7 Å². The molecule has 0 radical (unpaired) electrons. The molecule has 1 aliphatic rings. The van der Waals surface area contributed by atoms with Gasteiger partial charge in [-0.2, -0.15) is 0 Å². The van der Waals surface area contributed by atoms with Gasteiger partial charge in [0.25, 0.3) is 0 Å². The second-order valence-electron chi connectivity index (χ2n) is 5.59. The molecule has 24 heavy (non-hydrogen) atoms. The molecule has 1 heterocycles. The van der Waals surface area contributed by atoms with Crippen molar-refractivity contribution in [2.24, 2.45) is 5.73 Å². The van der Waals surface area contributed by atoms with Gasteiger partial charge in [0.05, 0.1) is 6.61 Å². The molecular weight excluding hydrogens is 306 g/mol. The molecule has 2 aromatic rings. The van der Waals surface area contributed by atoms with E-state index in [1.54, 1.807) is 0 Å². The quantitative estimate of drug-likeness (QED) is 0.802. The highest BCUT2D eigenvalue weighted by atomic mass is 16.5. The lowest BCUT2D eigenvalue weighted by Gasteiger charge is -2.30. The third kappa shape index (κ3) is 3.55. The highest BCUT2D eigenvalue weighted by Gasteiger charge is 2.28. The predicted molar refractivity (Wildman–Crippen MR) is 89.3 cm³/mol. The molecule has 0 aliphatic carbocycles. The van der Waals surface area contributed by atoms with Gasteiger partial charge >= 0.3 is 6.03 Å². The van der Waals surface area contributed by atoms with Gasteiger partial charge in [-0.3, -0.25) is 15.4 Å². The Morgan fingerprint density at radius 2 is 1.79 bits per heavy atom. The first-order valence-corrected chi connectivity index (χ1v) is 7.78. The molecule has 2 aromatic carbocycles. The van der Waals surface area contributed by atoms with E-state index in [2.05, 4.69) is 10.6 Å². The first-order chi connectivity index (χ1) is 11.6. The highest BCUT2D eigenvalue weighted by Crippen LogP contribution is 2.33. The Hall–Kier alpha value is -2.86. The van der Waals surface area contributed by atoms with Crippen molar-refractivity contribution in [1.82, 2.24) is 10.6 Å². The lowest BCUT2D eigenvalue weighted by molar-refractivity contribution is -0.122. The molecular formula is C18H19N3O3. The third-order valence-corrected chi connectivity index (χ3v) is 3.97. The topological polar surface area (TPSA) is 93.5 Å². The van der Waals surface area contributed by atoms with Gasteiger partial charge in [0, 0.05) is 18.0 Å². The van der Waals surface area contributed by atoms with E-state index in [1.807, 2.05) is 54.6 Å². The minimum absolute atomic E-state index is 0.0567. The van der Waals surface area contributed by atoms with Crippen LogP contribution in [0.3, 0.4) is 0 Å². The SMILES string of the molecule is NC(=O)NC(=O)[C@@H](N[C@@H]1CCOc2ccccc21)c1ccccc1. The summed E-state index contributed by atoms with van der Waals surface area (Å²) in [6.07, 6.45) is 0.726. The summed E-state index contributed by atoms with van der Waals surface area (Å²) in [4.78, 5) is 23.5. The zero-order valence-electron chi connectivity index (χ0n) is 13.1. The van der Waals surface area contributed by atoms with Gasteiger partial charge in [-0.15, -0.1) is 0 Å². The van der Waals surface area contributed by atoms with E-state index >= 15 is 0 Å². The van der Waals surface area contributed by atoms with Crippen molar-refractivity contribution < 1.29 is 14.3 Å². The Morgan fingerprint density at radius 3 is 2.54 bits per heavy atom. The lowest BCUT2D eigenvalue weighted by Crippen LogP contribution is -2.44. The number of hydrogen-bond donors (Lipinski definition) is 3. The molecule has 0 fully saturated rings. The molecule has 0 unspecified atom stereocenters. The Balaban J connectivity index is 1.87. The summed E-state index contributed by atoms with van der Waals surface area (Å²) < 4.78 is 5.65. The number of fused-ring (bicyclic) bond motifs is 1. The molecule has 2 atom stereocenters. The number of carbonyl (C=O) groups excluding carboxylic acids is 2. The number of hydrogen-bond acceptors (Lipinski definition) is 4. The molecule has 0 saturated heterocycles. The molecule has 0 aromatic heterocycles. The normalized spacial score (nSPS) is 17.2. The first kappa shape index (κ1) is 16.0. The second-order valence-corrected chi connectivity index (χ2v) is 5.59. The Morgan fingerprint density at radius 1 is 1.08 bits per heavy atom. The zero-order chi connectivity index (χ0) is 16.9. The molecule has 0 spiro atoms. The van der Waals surface area contributed by atoms with Crippen LogP contribution < -0.4 is 21.1 Å². The van der Waals surface area contributed by atoms with Crippen LogP contribution >= 0.6 is 0 Å². The van der Waals surface area contributed by atoms with Crippen molar-refractivity contribution in [2.75, 3.05) is 6.61 Å². The standard InChI is InChI=1S/C18H19N3O3/c19-18(23)21-17(22)16(12-6-2-1-3-7-12)20-14-10-11-24-15-9-5-4-8-13(14)15/h1-9,14,16,20H,10-11H2,(H3,19,21,22,23)/t14-,16+/m1/s1. The molecule has 6 nitrogen and oxygen atoms in total. The highest BCUT2D eigenvalue weighted by molar-refractivity contribution is 5.96. The van der Waals surface area contributed by atoms with Gasteiger partial charge < -0.3 is 10.5 Å². The minimum atomic E-state index is -0.866. The molecule has 3 rings (SSSR count). The van der Waals surface area contributed by atoms with E-state index in [9.17, 15) is 9.59 Å². The van der Waals surface area contributed by atoms with Gasteiger partial charge in [0.1, 0.15) is 11.8 Å². The first-order valence-electron chi connectivity index (χ1n) is 7.78. The fourth-order valence-corrected chi connectivity index (χ4v) is 2.88. The van der Waals surface area contributed by atoms with Crippen molar-refractivity contribution in [2.45, 2.75) is 18.5 Å². The van der Waals surface area contributed by atoms with Crippen molar-refractivity contribution in [1.29, 1.82) is 0 Å². The zero-order valence-corrected chi connectivity index (χ0v) is 13.1. The molecule has 3 amide bonds. The number of primary amides is 1. The summed E-state index contributed by atoms with van der Waals surface area (Å²) in [5, 5.41) is 5.49. The fourth-order valence-electron chi connectivity index (χ4n) is 2.88. The van der Waals surface area contributed by atoms with Crippen LogP contribution in [0.25, 0.3) is 0 Å². The summed E-state index contributed by atoms with van der Waals surface area (Å²) in [5.41, 5.74) is 6.86. The Kier molecular flexibility index (Phi) is 4.77. The molecule has 0 saturated carbocycles. The van der Waals surface area contributed by atoms with Crippen molar-refractivity contribution in [3.63, 3.8) is 0 Å². The third-order valence-electron chi connectivity index (χ3n) is 3.97. The summed E-state index contributed by atoms with van der Waals surface area (Å²) in [5.74, 6) is 0.334. The number of urea groups is 1. The van der Waals surface area contributed by atoms with E-state index in [0.29, 0.717) is 6.61 Å². The van der Waals surface area contributed by atoms with E-state index in [-0.39, 0.29) is 6.04 Å². The van der Waals surface area contributed by atoms with E-state index < -0.39 is 18.0 Å². The maximum atomic E-state index is 12.4. The van der Waals surface area contributed by atoms with E-state index in [4.69, 9.17) is 10.5 Å². The van der Waals surface area contributed by atoms with Crippen LogP contribution in [0.2, 0.25) is 0 Å². The van der Waals surface area contributed by atoms with Crippen LogP contribution in [0.1, 0.15) is 29.6 Å². The summed E-state index contributed by atoms with van der Waals surface area (Å²) >= 11 is 0. The van der Waals surface area contributed by atoms with Crippen LogP contribution in [-0.2, 0) is 4.79 Å². The number of carbonyl (C=O) groups is 2. The number of nitrogens with one attached hydrogen (secondary N) is 2. The van der Waals surface area contributed by atoms with Gasteiger partial charge in [-0.05, 0) is 11.6 Å². The largest absolute Gasteiger partial charge is 0.493 e. The maximum Gasteiger partial charge on any atom is 0.318 e. The number of imide groups is 1.